The molecule has 2 aromatic heterocycles. The maximum atomic E-state index is 12.0. The molecule has 18 heavy (non-hydrogen) atoms. The maximum Gasteiger partial charge on any atom is 0.279 e. The number of amides is 1. The van der Waals surface area contributed by atoms with Crippen molar-refractivity contribution in [2.45, 2.75) is 6.92 Å². The van der Waals surface area contributed by atoms with Crippen LogP contribution in [-0.2, 0) is 0 Å². The highest BCUT2D eigenvalue weighted by atomic mass is 16.5. The third-order valence-electron chi connectivity index (χ3n) is 2.55. The first-order valence-electron chi connectivity index (χ1n) is 5.42. The van der Waals surface area contributed by atoms with Crippen molar-refractivity contribution >= 4 is 22.7 Å². The number of carbonyl (C=O) groups excluding carboxylic acids is 1. The van der Waals surface area contributed by atoms with E-state index in [1.54, 1.807) is 13.0 Å². The van der Waals surface area contributed by atoms with Crippen molar-refractivity contribution in [3.63, 3.8) is 0 Å². The molecule has 0 aliphatic rings. The van der Waals surface area contributed by atoms with Gasteiger partial charge in [0.15, 0.2) is 5.69 Å². The SMILES string of the molecule is Cc1cc(NC(=O)c2n[nH]c3ccccc23)on1. The van der Waals surface area contributed by atoms with Gasteiger partial charge in [-0.1, -0.05) is 23.4 Å². The Morgan fingerprint density at radius 2 is 2.22 bits per heavy atom. The highest BCUT2D eigenvalue weighted by molar-refractivity contribution is 6.10. The molecule has 2 heterocycles. The van der Waals surface area contributed by atoms with E-state index in [1.165, 1.54) is 0 Å². The fourth-order valence-corrected chi connectivity index (χ4v) is 1.73. The number of aryl methyl sites for hydroxylation is 1. The topological polar surface area (TPSA) is 83.8 Å². The van der Waals surface area contributed by atoms with Gasteiger partial charge in [0.1, 0.15) is 0 Å². The largest absolute Gasteiger partial charge is 0.338 e. The summed E-state index contributed by atoms with van der Waals surface area (Å²) in [6, 6.07) is 9.07. The standard InChI is InChI=1S/C12H10N4O2/c1-7-6-10(18-16-7)13-12(17)11-8-4-2-3-5-9(8)14-15-11/h2-6H,1H3,(H,13,17)(H,14,15). The summed E-state index contributed by atoms with van der Waals surface area (Å²) in [7, 11) is 0. The van der Waals surface area contributed by atoms with Gasteiger partial charge in [-0.25, -0.2) is 0 Å². The minimum Gasteiger partial charge on any atom is -0.338 e. The molecule has 0 aliphatic carbocycles. The van der Waals surface area contributed by atoms with E-state index in [0.717, 1.165) is 10.9 Å². The number of hydrogen-bond acceptors (Lipinski definition) is 4. The summed E-state index contributed by atoms with van der Waals surface area (Å²) in [5, 5.41) is 13.9. The van der Waals surface area contributed by atoms with Crippen LogP contribution in [-0.4, -0.2) is 21.3 Å². The Labute approximate surface area is 102 Å². The molecule has 3 aromatic rings. The number of para-hydroxylation sites is 1. The lowest BCUT2D eigenvalue weighted by Gasteiger charge is -1.97. The molecule has 6 nitrogen and oxygen atoms in total. The minimum atomic E-state index is -0.330. The number of H-pyrrole nitrogens is 1. The number of rotatable bonds is 2. The molecule has 0 saturated carbocycles. The zero-order chi connectivity index (χ0) is 12.5. The normalized spacial score (nSPS) is 10.7. The maximum absolute atomic E-state index is 12.0. The van der Waals surface area contributed by atoms with Crippen molar-refractivity contribution in [2.75, 3.05) is 5.32 Å². The third-order valence-corrected chi connectivity index (χ3v) is 2.55. The van der Waals surface area contributed by atoms with Crippen LogP contribution in [0.3, 0.4) is 0 Å². The van der Waals surface area contributed by atoms with Gasteiger partial charge in [0, 0.05) is 11.5 Å². The van der Waals surface area contributed by atoms with Crippen LogP contribution >= 0.6 is 0 Å². The van der Waals surface area contributed by atoms with E-state index < -0.39 is 0 Å². The minimum absolute atomic E-state index is 0.310. The van der Waals surface area contributed by atoms with E-state index >= 15 is 0 Å². The number of anilines is 1. The van der Waals surface area contributed by atoms with Crippen molar-refractivity contribution in [1.82, 2.24) is 15.4 Å². The molecule has 0 radical (unpaired) electrons. The molecule has 2 N–H and O–H groups in total. The van der Waals surface area contributed by atoms with E-state index in [9.17, 15) is 4.79 Å². The van der Waals surface area contributed by atoms with E-state index in [1.807, 2.05) is 24.3 Å². The summed E-state index contributed by atoms with van der Waals surface area (Å²) in [6.07, 6.45) is 0. The van der Waals surface area contributed by atoms with Crippen molar-refractivity contribution in [3.8, 4) is 0 Å². The molecule has 3 rings (SSSR count). The van der Waals surface area contributed by atoms with Crippen molar-refractivity contribution in [3.05, 3.63) is 41.7 Å². The highest BCUT2D eigenvalue weighted by Gasteiger charge is 2.15. The second-order valence-corrected chi connectivity index (χ2v) is 3.90. The number of fused-ring (bicyclic) bond motifs is 1. The van der Waals surface area contributed by atoms with Gasteiger partial charge in [0.25, 0.3) is 5.91 Å². The van der Waals surface area contributed by atoms with Gasteiger partial charge in [-0.2, -0.15) is 5.10 Å². The predicted molar refractivity (Wildman–Crippen MR) is 65.3 cm³/mol. The van der Waals surface area contributed by atoms with Gasteiger partial charge in [-0.15, -0.1) is 0 Å². The Kier molecular flexibility index (Phi) is 2.33. The smallest absolute Gasteiger partial charge is 0.279 e. The number of benzene rings is 1. The van der Waals surface area contributed by atoms with Crippen LogP contribution in [0.2, 0.25) is 0 Å². The molecule has 0 aliphatic heterocycles. The van der Waals surface area contributed by atoms with Crippen LogP contribution in [0.5, 0.6) is 0 Å². The molecular weight excluding hydrogens is 232 g/mol. The molecule has 0 atom stereocenters. The number of carbonyl (C=O) groups is 1. The zero-order valence-corrected chi connectivity index (χ0v) is 9.60. The van der Waals surface area contributed by atoms with Crippen LogP contribution in [0.25, 0.3) is 10.9 Å². The first-order valence-corrected chi connectivity index (χ1v) is 5.42. The Morgan fingerprint density at radius 1 is 1.39 bits per heavy atom. The lowest BCUT2D eigenvalue weighted by atomic mass is 10.2. The number of aromatic nitrogens is 3. The number of hydrogen-bond donors (Lipinski definition) is 2. The van der Waals surface area contributed by atoms with E-state index in [0.29, 0.717) is 17.3 Å². The van der Waals surface area contributed by atoms with Crippen molar-refractivity contribution < 1.29 is 9.32 Å². The number of nitrogens with zero attached hydrogens (tertiary/aromatic N) is 2. The Bertz CT molecular complexity index is 714. The first-order chi connectivity index (χ1) is 8.74. The summed E-state index contributed by atoms with van der Waals surface area (Å²) < 4.78 is 4.93. The molecule has 1 amide bonds. The lowest BCUT2D eigenvalue weighted by Crippen LogP contribution is -2.12. The molecule has 6 heteroatoms. The van der Waals surface area contributed by atoms with Crippen molar-refractivity contribution in [2.24, 2.45) is 0 Å². The van der Waals surface area contributed by atoms with E-state index in [4.69, 9.17) is 4.52 Å². The Morgan fingerprint density at radius 3 is 3.00 bits per heavy atom. The molecule has 1 aromatic carbocycles. The van der Waals surface area contributed by atoms with E-state index in [-0.39, 0.29) is 5.91 Å². The molecule has 0 fully saturated rings. The van der Waals surface area contributed by atoms with E-state index in [2.05, 4.69) is 20.7 Å². The quantitative estimate of drug-likeness (QED) is 0.720. The van der Waals surface area contributed by atoms with Crippen LogP contribution in [0.15, 0.2) is 34.9 Å². The van der Waals surface area contributed by atoms with Gasteiger partial charge < -0.3 is 4.52 Å². The molecule has 0 spiro atoms. The molecule has 90 valence electrons. The first kappa shape index (κ1) is 10.5. The van der Waals surface area contributed by atoms with Gasteiger partial charge in [0.05, 0.1) is 11.2 Å². The molecule has 0 saturated heterocycles. The molecule has 0 bridgehead atoms. The zero-order valence-electron chi connectivity index (χ0n) is 9.60. The third kappa shape index (κ3) is 1.73. The summed E-state index contributed by atoms with van der Waals surface area (Å²) >= 11 is 0. The van der Waals surface area contributed by atoms with Gasteiger partial charge >= 0.3 is 0 Å². The highest BCUT2D eigenvalue weighted by Crippen LogP contribution is 2.17. The fourth-order valence-electron chi connectivity index (χ4n) is 1.73. The summed E-state index contributed by atoms with van der Waals surface area (Å²) in [5.41, 5.74) is 1.85. The van der Waals surface area contributed by atoms with Crippen LogP contribution in [0, 0.1) is 6.92 Å². The van der Waals surface area contributed by atoms with Crippen LogP contribution in [0.4, 0.5) is 5.88 Å². The average molecular weight is 242 g/mol. The Hall–Kier alpha value is -2.63. The van der Waals surface area contributed by atoms with Gasteiger partial charge in [-0.05, 0) is 13.0 Å². The molecule has 0 unspecified atom stereocenters. The lowest BCUT2D eigenvalue weighted by molar-refractivity contribution is 0.102. The van der Waals surface area contributed by atoms with Crippen molar-refractivity contribution in [1.29, 1.82) is 0 Å². The Balaban J connectivity index is 1.92. The monoisotopic (exact) mass is 242 g/mol. The summed E-state index contributed by atoms with van der Waals surface area (Å²) in [4.78, 5) is 12.0. The van der Waals surface area contributed by atoms with Gasteiger partial charge in [-0.3, -0.25) is 15.2 Å². The second kappa shape index (κ2) is 3.99. The number of aromatic amines is 1. The molecular formula is C12H10N4O2. The summed E-state index contributed by atoms with van der Waals surface area (Å²) in [6.45, 7) is 1.78. The fraction of sp³-hybridized carbons (Fsp3) is 0.0833. The average Bonchev–Trinajstić information content (AvgIpc) is 2.95. The van der Waals surface area contributed by atoms with Crippen LogP contribution < -0.4 is 5.32 Å². The van der Waals surface area contributed by atoms with Gasteiger partial charge in [0.2, 0.25) is 5.88 Å². The second-order valence-electron chi connectivity index (χ2n) is 3.90. The predicted octanol–water partition coefficient (Wildman–Crippen LogP) is 2.11. The summed E-state index contributed by atoms with van der Waals surface area (Å²) in [5.74, 6) is -0.0202. The van der Waals surface area contributed by atoms with Crippen LogP contribution in [0.1, 0.15) is 16.2 Å². The number of nitrogens with one attached hydrogen (secondary N) is 2.